The largest absolute Gasteiger partial charge is 0.356 e. The number of carbonyl (C=O) groups excluding carboxylic acids is 1. The normalized spacial score (nSPS) is 20.9. The molecule has 106 valence electrons. The summed E-state index contributed by atoms with van der Waals surface area (Å²) < 4.78 is 0. The van der Waals surface area contributed by atoms with Gasteiger partial charge in [0.1, 0.15) is 0 Å². The molecule has 0 radical (unpaired) electrons. The van der Waals surface area contributed by atoms with Crippen molar-refractivity contribution < 1.29 is 4.79 Å². The molecule has 0 aromatic heterocycles. The van der Waals surface area contributed by atoms with Gasteiger partial charge in [0.05, 0.1) is 0 Å². The first kappa shape index (κ1) is 15.5. The highest BCUT2D eigenvalue weighted by atomic mass is 16.1. The summed E-state index contributed by atoms with van der Waals surface area (Å²) in [7, 11) is 0. The van der Waals surface area contributed by atoms with Gasteiger partial charge in [0.15, 0.2) is 0 Å². The number of hydrogen-bond donors (Lipinski definition) is 1. The van der Waals surface area contributed by atoms with Gasteiger partial charge in [0, 0.05) is 25.6 Å². The van der Waals surface area contributed by atoms with E-state index in [9.17, 15) is 4.79 Å². The van der Waals surface area contributed by atoms with Crippen LogP contribution in [0.25, 0.3) is 0 Å². The number of nitrogens with one attached hydrogen (secondary N) is 1. The van der Waals surface area contributed by atoms with E-state index in [1.165, 1.54) is 38.6 Å². The number of carbonyl (C=O) groups is 1. The quantitative estimate of drug-likeness (QED) is 0.675. The van der Waals surface area contributed by atoms with Crippen LogP contribution >= 0.6 is 0 Å². The van der Waals surface area contributed by atoms with Crippen molar-refractivity contribution in [3.05, 3.63) is 0 Å². The molecule has 0 aromatic carbocycles. The van der Waals surface area contributed by atoms with Crippen molar-refractivity contribution in [2.24, 2.45) is 0 Å². The Morgan fingerprint density at radius 1 is 1.28 bits per heavy atom. The molecule has 0 spiro atoms. The van der Waals surface area contributed by atoms with Gasteiger partial charge < -0.3 is 10.2 Å². The van der Waals surface area contributed by atoms with Gasteiger partial charge in [-0.1, -0.05) is 26.2 Å². The van der Waals surface area contributed by atoms with Crippen LogP contribution in [0.4, 0.5) is 0 Å². The maximum Gasteiger partial charge on any atom is 0.219 e. The Morgan fingerprint density at radius 2 is 2.11 bits per heavy atom. The summed E-state index contributed by atoms with van der Waals surface area (Å²) in [6.07, 6.45) is 9.23. The van der Waals surface area contributed by atoms with Crippen molar-refractivity contribution in [2.75, 3.05) is 19.6 Å². The van der Waals surface area contributed by atoms with E-state index in [0.717, 1.165) is 32.0 Å². The zero-order chi connectivity index (χ0) is 13.2. The second-order valence-corrected chi connectivity index (χ2v) is 5.54. The fourth-order valence-electron chi connectivity index (χ4n) is 2.62. The van der Waals surface area contributed by atoms with Crippen LogP contribution < -0.4 is 5.32 Å². The number of unbranched alkanes of at least 4 members (excludes halogenated alkanes) is 2. The van der Waals surface area contributed by atoms with Gasteiger partial charge in [-0.15, -0.1) is 0 Å². The fourth-order valence-corrected chi connectivity index (χ4v) is 2.62. The smallest absolute Gasteiger partial charge is 0.219 e. The lowest BCUT2D eigenvalue weighted by atomic mass is 10.0. The first-order valence-electron chi connectivity index (χ1n) is 7.74. The number of amides is 1. The Morgan fingerprint density at radius 3 is 2.83 bits per heavy atom. The summed E-state index contributed by atoms with van der Waals surface area (Å²) in [4.78, 5) is 14.1. The van der Waals surface area contributed by atoms with Crippen molar-refractivity contribution in [1.82, 2.24) is 10.2 Å². The van der Waals surface area contributed by atoms with E-state index in [1.807, 2.05) is 0 Å². The molecule has 1 N–H and O–H groups in total. The number of piperidine rings is 1. The van der Waals surface area contributed by atoms with E-state index in [2.05, 4.69) is 24.1 Å². The molecule has 3 heteroatoms. The molecule has 18 heavy (non-hydrogen) atoms. The molecule has 1 aliphatic heterocycles. The lowest BCUT2D eigenvalue weighted by Gasteiger charge is -2.33. The Hall–Kier alpha value is -0.570. The number of likely N-dealkylation sites (tertiary alicyclic amines) is 1. The minimum Gasteiger partial charge on any atom is -0.356 e. The molecule has 1 unspecified atom stereocenters. The molecule has 1 atom stereocenters. The van der Waals surface area contributed by atoms with Crippen molar-refractivity contribution in [1.29, 1.82) is 0 Å². The van der Waals surface area contributed by atoms with Crippen LogP contribution in [0.15, 0.2) is 0 Å². The first-order valence-corrected chi connectivity index (χ1v) is 7.74. The van der Waals surface area contributed by atoms with Crippen molar-refractivity contribution in [2.45, 2.75) is 71.3 Å². The van der Waals surface area contributed by atoms with Crippen molar-refractivity contribution in [3.63, 3.8) is 0 Å². The second-order valence-electron chi connectivity index (χ2n) is 5.54. The zero-order valence-corrected chi connectivity index (χ0v) is 12.2. The summed E-state index contributed by atoms with van der Waals surface area (Å²) in [5, 5.41) is 3.03. The lowest BCUT2D eigenvalue weighted by molar-refractivity contribution is -0.121. The van der Waals surface area contributed by atoms with Crippen LogP contribution in [0.2, 0.25) is 0 Å². The third-order valence-corrected chi connectivity index (χ3v) is 3.89. The van der Waals surface area contributed by atoms with Gasteiger partial charge in [0.2, 0.25) is 5.91 Å². The van der Waals surface area contributed by atoms with Gasteiger partial charge in [-0.2, -0.15) is 0 Å². The standard InChI is InChI=1S/C15H30N2O/c1-3-4-5-10-15(18)16-11-8-13-17-12-7-6-9-14(17)2/h14H,3-13H2,1-2H3,(H,16,18). The van der Waals surface area contributed by atoms with E-state index >= 15 is 0 Å². The average Bonchev–Trinajstić information content (AvgIpc) is 2.37. The van der Waals surface area contributed by atoms with Gasteiger partial charge in [-0.25, -0.2) is 0 Å². The van der Waals surface area contributed by atoms with Crippen molar-refractivity contribution >= 4 is 5.91 Å². The molecule has 1 amide bonds. The molecule has 1 rings (SSSR count). The van der Waals surface area contributed by atoms with Crippen LogP contribution in [0.5, 0.6) is 0 Å². The third-order valence-electron chi connectivity index (χ3n) is 3.89. The average molecular weight is 254 g/mol. The van der Waals surface area contributed by atoms with Gasteiger partial charge in [-0.3, -0.25) is 4.79 Å². The summed E-state index contributed by atoms with van der Waals surface area (Å²) in [6.45, 7) is 7.70. The van der Waals surface area contributed by atoms with E-state index in [4.69, 9.17) is 0 Å². The highest BCUT2D eigenvalue weighted by Gasteiger charge is 2.17. The molecule has 0 aliphatic carbocycles. The molecule has 0 bridgehead atoms. The molecular formula is C15H30N2O. The van der Waals surface area contributed by atoms with E-state index < -0.39 is 0 Å². The maximum atomic E-state index is 11.5. The molecule has 1 aliphatic rings. The molecular weight excluding hydrogens is 224 g/mol. The number of rotatable bonds is 8. The monoisotopic (exact) mass is 254 g/mol. The fraction of sp³-hybridized carbons (Fsp3) is 0.933. The third kappa shape index (κ3) is 6.39. The van der Waals surface area contributed by atoms with E-state index in [1.54, 1.807) is 0 Å². The van der Waals surface area contributed by atoms with Crippen molar-refractivity contribution in [3.8, 4) is 0 Å². The van der Waals surface area contributed by atoms with E-state index in [-0.39, 0.29) is 5.91 Å². The molecule has 0 aromatic rings. The SMILES string of the molecule is CCCCCC(=O)NCCCN1CCCCC1C. The molecule has 1 saturated heterocycles. The van der Waals surface area contributed by atoms with Crippen LogP contribution in [-0.2, 0) is 4.79 Å². The Balaban J connectivity index is 1.98. The minimum atomic E-state index is 0.232. The zero-order valence-electron chi connectivity index (χ0n) is 12.2. The maximum absolute atomic E-state index is 11.5. The summed E-state index contributed by atoms with van der Waals surface area (Å²) in [5.41, 5.74) is 0. The molecule has 1 fully saturated rings. The highest BCUT2D eigenvalue weighted by molar-refractivity contribution is 5.75. The van der Waals surface area contributed by atoms with Crippen LogP contribution in [0, 0.1) is 0 Å². The van der Waals surface area contributed by atoms with Gasteiger partial charge >= 0.3 is 0 Å². The van der Waals surface area contributed by atoms with Gasteiger partial charge in [-0.05, 0) is 39.2 Å². The van der Waals surface area contributed by atoms with Gasteiger partial charge in [0.25, 0.3) is 0 Å². The number of hydrogen-bond acceptors (Lipinski definition) is 2. The van der Waals surface area contributed by atoms with E-state index in [0.29, 0.717) is 6.42 Å². The first-order chi connectivity index (χ1) is 8.74. The number of nitrogens with zero attached hydrogens (tertiary/aromatic N) is 1. The molecule has 1 heterocycles. The topological polar surface area (TPSA) is 32.3 Å². The predicted molar refractivity (Wildman–Crippen MR) is 76.7 cm³/mol. The Bertz CT molecular complexity index is 231. The highest BCUT2D eigenvalue weighted by Crippen LogP contribution is 2.15. The predicted octanol–water partition coefficient (Wildman–Crippen LogP) is 2.95. The van der Waals surface area contributed by atoms with Crippen LogP contribution in [0.3, 0.4) is 0 Å². The summed E-state index contributed by atoms with van der Waals surface area (Å²) in [6, 6.07) is 0.735. The summed E-state index contributed by atoms with van der Waals surface area (Å²) in [5.74, 6) is 0.232. The lowest BCUT2D eigenvalue weighted by Crippen LogP contribution is -2.39. The molecule has 3 nitrogen and oxygen atoms in total. The van der Waals surface area contributed by atoms with Crippen LogP contribution in [-0.4, -0.2) is 36.5 Å². The summed E-state index contributed by atoms with van der Waals surface area (Å²) >= 11 is 0. The Labute approximate surface area is 112 Å². The second kappa shape index (κ2) is 9.37. The minimum absolute atomic E-state index is 0.232. The molecule has 0 saturated carbocycles. The Kier molecular flexibility index (Phi) is 8.06. The van der Waals surface area contributed by atoms with Crippen LogP contribution in [0.1, 0.15) is 65.2 Å².